The van der Waals surface area contributed by atoms with Gasteiger partial charge in [-0.2, -0.15) is 11.3 Å². The highest BCUT2D eigenvalue weighted by Crippen LogP contribution is 2.30. The SMILES string of the molecule is Cc1nc(-c2ccsc2)sc1C(=O)Nc1cccc(Cl)c1. The maximum absolute atomic E-state index is 12.3. The van der Waals surface area contributed by atoms with Gasteiger partial charge in [0.2, 0.25) is 0 Å². The van der Waals surface area contributed by atoms with Crippen molar-refractivity contribution in [2.24, 2.45) is 0 Å². The lowest BCUT2D eigenvalue weighted by atomic mass is 10.3. The van der Waals surface area contributed by atoms with Crippen LogP contribution in [0.25, 0.3) is 10.6 Å². The molecule has 0 aliphatic heterocycles. The molecule has 2 heterocycles. The number of anilines is 1. The Hall–Kier alpha value is -1.69. The van der Waals surface area contributed by atoms with E-state index in [1.54, 1.807) is 35.6 Å². The first-order valence-electron chi connectivity index (χ1n) is 6.20. The van der Waals surface area contributed by atoms with Crippen LogP contribution in [0.1, 0.15) is 15.4 Å². The highest BCUT2D eigenvalue weighted by Gasteiger charge is 2.16. The molecule has 0 aliphatic carbocycles. The molecule has 0 fully saturated rings. The Labute approximate surface area is 135 Å². The summed E-state index contributed by atoms with van der Waals surface area (Å²) in [4.78, 5) is 17.4. The Morgan fingerprint density at radius 3 is 2.90 bits per heavy atom. The van der Waals surface area contributed by atoms with Crippen LogP contribution in [-0.2, 0) is 0 Å². The molecule has 1 aromatic carbocycles. The molecule has 2 aromatic heterocycles. The number of nitrogens with one attached hydrogen (secondary N) is 1. The third kappa shape index (κ3) is 3.15. The number of aryl methyl sites for hydroxylation is 1. The monoisotopic (exact) mass is 334 g/mol. The second kappa shape index (κ2) is 5.97. The molecule has 106 valence electrons. The van der Waals surface area contributed by atoms with Crippen LogP contribution in [0.5, 0.6) is 0 Å². The number of nitrogens with zero attached hydrogens (tertiary/aromatic N) is 1. The zero-order valence-corrected chi connectivity index (χ0v) is 13.5. The van der Waals surface area contributed by atoms with Crippen molar-refractivity contribution in [1.29, 1.82) is 0 Å². The normalized spacial score (nSPS) is 10.6. The van der Waals surface area contributed by atoms with Crippen LogP contribution in [0, 0.1) is 6.92 Å². The number of hydrogen-bond donors (Lipinski definition) is 1. The van der Waals surface area contributed by atoms with Gasteiger partial charge in [0.15, 0.2) is 0 Å². The Balaban J connectivity index is 1.85. The minimum absolute atomic E-state index is 0.159. The first-order chi connectivity index (χ1) is 10.1. The van der Waals surface area contributed by atoms with Crippen molar-refractivity contribution >= 4 is 45.9 Å². The van der Waals surface area contributed by atoms with Gasteiger partial charge in [-0.15, -0.1) is 11.3 Å². The summed E-state index contributed by atoms with van der Waals surface area (Å²) >= 11 is 8.93. The molecule has 1 N–H and O–H groups in total. The summed E-state index contributed by atoms with van der Waals surface area (Å²) in [6, 6.07) is 9.09. The third-order valence-corrected chi connectivity index (χ3v) is 4.98. The van der Waals surface area contributed by atoms with Gasteiger partial charge in [0.25, 0.3) is 5.91 Å². The van der Waals surface area contributed by atoms with Gasteiger partial charge < -0.3 is 5.32 Å². The van der Waals surface area contributed by atoms with Gasteiger partial charge in [0, 0.05) is 21.7 Å². The molecule has 0 spiro atoms. The van der Waals surface area contributed by atoms with E-state index in [1.807, 2.05) is 23.8 Å². The lowest BCUT2D eigenvalue weighted by Gasteiger charge is -2.03. The average molecular weight is 335 g/mol. The predicted octanol–water partition coefficient (Wildman–Crippen LogP) is 5.09. The summed E-state index contributed by atoms with van der Waals surface area (Å²) in [5, 5.41) is 8.33. The van der Waals surface area contributed by atoms with Gasteiger partial charge in [-0.1, -0.05) is 17.7 Å². The summed E-state index contributed by atoms with van der Waals surface area (Å²) in [6.07, 6.45) is 0. The minimum atomic E-state index is -0.159. The number of benzene rings is 1. The van der Waals surface area contributed by atoms with Crippen LogP contribution in [0.15, 0.2) is 41.1 Å². The predicted molar refractivity (Wildman–Crippen MR) is 89.6 cm³/mol. The van der Waals surface area contributed by atoms with E-state index in [0.717, 1.165) is 16.3 Å². The number of amides is 1. The number of thiazole rings is 1. The second-order valence-corrected chi connectivity index (χ2v) is 6.63. The van der Waals surface area contributed by atoms with E-state index in [2.05, 4.69) is 10.3 Å². The molecule has 3 rings (SSSR count). The number of carbonyl (C=O) groups is 1. The smallest absolute Gasteiger partial charge is 0.267 e. The summed E-state index contributed by atoms with van der Waals surface area (Å²) in [5.41, 5.74) is 2.47. The fraction of sp³-hybridized carbons (Fsp3) is 0.0667. The molecule has 1 amide bonds. The van der Waals surface area contributed by atoms with Crippen molar-refractivity contribution in [3.05, 3.63) is 56.7 Å². The first kappa shape index (κ1) is 14.3. The fourth-order valence-corrected chi connectivity index (χ4v) is 3.73. The number of carbonyl (C=O) groups excluding carboxylic acids is 1. The molecule has 0 atom stereocenters. The molecule has 3 aromatic rings. The number of rotatable bonds is 3. The van der Waals surface area contributed by atoms with Crippen molar-refractivity contribution in [3.8, 4) is 10.6 Å². The highest BCUT2D eigenvalue weighted by atomic mass is 35.5. The Bertz CT molecular complexity index is 781. The third-order valence-electron chi connectivity index (χ3n) is 2.85. The summed E-state index contributed by atoms with van der Waals surface area (Å²) in [7, 11) is 0. The quantitative estimate of drug-likeness (QED) is 0.725. The van der Waals surface area contributed by atoms with E-state index < -0.39 is 0 Å². The van der Waals surface area contributed by atoms with Crippen molar-refractivity contribution in [1.82, 2.24) is 4.98 Å². The van der Waals surface area contributed by atoms with Gasteiger partial charge in [-0.3, -0.25) is 4.79 Å². The molecule has 0 saturated heterocycles. The van der Waals surface area contributed by atoms with E-state index in [0.29, 0.717) is 15.6 Å². The zero-order valence-electron chi connectivity index (χ0n) is 11.1. The van der Waals surface area contributed by atoms with E-state index in [-0.39, 0.29) is 5.91 Å². The Morgan fingerprint density at radius 2 is 2.19 bits per heavy atom. The van der Waals surface area contributed by atoms with Gasteiger partial charge in [0.05, 0.1) is 5.69 Å². The van der Waals surface area contributed by atoms with Gasteiger partial charge in [0.1, 0.15) is 9.88 Å². The lowest BCUT2D eigenvalue weighted by molar-refractivity contribution is 0.103. The van der Waals surface area contributed by atoms with Gasteiger partial charge in [-0.05, 0) is 36.6 Å². The molecule has 0 saturated carbocycles. The number of halogens is 1. The standard InChI is InChI=1S/C15H11ClN2OS2/c1-9-13(21-15(17-9)10-5-6-20-8-10)14(19)18-12-4-2-3-11(16)7-12/h2-8H,1H3,(H,18,19). The molecular weight excluding hydrogens is 324 g/mol. The van der Waals surface area contributed by atoms with Gasteiger partial charge in [-0.25, -0.2) is 4.98 Å². The molecule has 0 unspecified atom stereocenters. The maximum atomic E-state index is 12.3. The first-order valence-corrected chi connectivity index (χ1v) is 8.34. The van der Waals surface area contributed by atoms with Gasteiger partial charge >= 0.3 is 0 Å². The molecule has 6 heteroatoms. The van der Waals surface area contributed by atoms with Crippen LogP contribution in [-0.4, -0.2) is 10.9 Å². The molecule has 0 bridgehead atoms. The van der Waals surface area contributed by atoms with E-state index in [4.69, 9.17) is 11.6 Å². The Kier molecular flexibility index (Phi) is 4.05. The topological polar surface area (TPSA) is 42.0 Å². The fourth-order valence-electron chi connectivity index (χ4n) is 1.87. The molecule has 0 aliphatic rings. The van der Waals surface area contributed by atoms with Crippen LogP contribution < -0.4 is 5.32 Å². The van der Waals surface area contributed by atoms with Crippen LogP contribution in [0.2, 0.25) is 5.02 Å². The maximum Gasteiger partial charge on any atom is 0.267 e. The Morgan fingerprint density at radius 1 is 1.33 bits per heavy atom. The van der Waals surface area contributed by atoms with E-state index in [9.17, 15) is 4.79 Å². The number of aromatic nitrogens is 1. The second-order valence-electron chi connectivity index (χ2n) is 4.41. The highest BCUT2D eigenvalue weighted by molar-refractivity contribution is 7.17. The van der Waals surface area contributed by atoms with Crippen molar-refractivity contribution in [2.75, 3.05) is 5.32 Å². The largest absolute Gasteiger partial charge is 0.321 e. The van der Waals surface area contributed by atoms with Crippen molar-refractivity contribution in [2.45, 2.75) is 6.92 Å². The average Bonchev–Trinajstić information content (AvgIpc) is 3.07. The summed E-state index contributed by atoms with van der Waals surface area (Å²) in [6.45, 7) is 1.85. The van der Waals surface area contributed by atoms with E-state index in [1.165, 1.54) is 11.3 Å². The van der Waals surface area contributed by atoms with Crippen LogP contribution in [0.4, 0.5) is 5.69 Å². The number of thiophene rings is 1. The minimum Gasteiger partial charge on any atom is -0.321 e. The lowest BCUT2D eigenvalue weighted by Crippen LogP contribution is -2.11. The molecule has 0 radical (unpaired) electrons. The van der Waals surface area contributed by atoms with Crippen molar-refractivity contribution < 1.29 is 4.79 Å². The van der Waals surface area contributed by atoms with Crippen LogP contribution >= 0.6 is 34.3 Å². The summed E-state index contributed by atoms with van der Waals surface area (Å²) < 4.78 is 0. The molecular formula is C15H11ClN2OS2. The number of hydrogen-bond acceptors (Lipinski definition) is 4. The van der Waals surface area contributed by atoms with Crippen molar-refractivity contribution in [3.63, 3.8) is 0 Å². The molecule has 21 heavy (non-hydrogen) atoms. The van der Waals surface area contributed by atoms with E-state index >= 15 is 0 Å². The molecule has 3 nitrogen and oxygen atoms in total. The van der Waals surface area contributed by atoms with Crippen LogP contribution in [0.3, 0.4) is 0 Å². The zero-order chi connectivity index (χ0) is 14.8. The summed E-state index contributed by atoms with van der Waals surface area (Å²) in [5.74, 6) is -0.159.